The summed E-state index contributed by atoms with van der Waals surface area (Å²) in [6, 6.07) is 6.13. The highest BCUT2D eigenvalue weighted by molar-refractivity contribution is 6.28. The summed E-state index contributed by atoms with van der Waals surface area (Å²) in [6.45, 7) is 2.26. The van der Waals surface area contributed by atoms with Crippen molar-refractivity contribution in [1.29, 1.82) is 0 Å². The fourth-order valence-electron chi connectivity index (χ4n) is 2.29. The summed E-state index contributed by atoms with van der Waals surface area (Å²) in [4.78, 5) is 4.07. The Kier molecular flexibility index (Phi) is 2.58. The maximum absolute atomic E-state index is 5.72. The van der Waals surface area contributed by atoms with Crippen molar-refractivity contribution < 1.29 is 4.42 Å². The van der Waals surface area contributed by atoms with Crippen LogP contribution in [0.25, 0.3) is 11.1 Å². The highest BCUT2D eigenvalue weighted by Crippen LogP contribution is 2.22. The number of halogens is 1. The standard InChI is InChI=1S/C12H13ClN2O/c13-12-15-10-2-1-8(6-11(10)16-12)5-9-3-4-14-7-9/h1-2,6,9,14H,3-5,7H2. The number of rotatable bonds is 2. The van der Waals surface area contributed by atoms with Gasteiger partial charge in [-0.1, -0.05) is 6.07 Å². The van der Waals surface area contributed by atoms with Crippen LogP contribution in [0, 0.1) is 5.92 Å². The maximum atomic E-state index is 5.72. The second kappa shape index (κ2) is 4.07. The van der Waals surface area contributed by atoms with E-state index < -0.39 is 0 Å². The highest BCUT2D eigenvalue weighted by atomic mass is 35.5. The Morgan fingerprint density at radius 3 is 3.25 bits per heavy atom. The zero-order valence-electron chi connectivity index (χ0n) is 8.87. The molecule has 1 fully saturated rings. The second-order valence-corrected chi connectivity index (χ2v) is 4.66. The molecule has 1 aromatic carbocycles. The van der Waals surface area contributed by atoms with Crippen LogP contribution in [0.2, 0.25) is 5.35 Å². The average Bonchev–Trinajstić information content (AvgIpc) is 2.85. The van der Waals surface area contributed by atoms with Gasteiger partial charge in [-0.3, -0.25) is 0 Å². The van der Waals surface area contributed by atoms with Gasteiger partial charge in [0.25, 0.3) is 5.35 Å². The van der Waals surface area contributed by atoms with Gasteiger partial charge in [0.05, 0.1) is 0 Å². The molecule has 1 atom stereocenters. The summed E-state index contributed by atoms with van der Waals surface area (Å²) < 4.78 is 5.31. The van der Waals surface area contributed by atoms with E-state index in [0.717, 1.165) is 36.5 Å². The molecule has 4 heteroatoms. The van der Waals surface area contributed by atoms with Gasteiger partial charge >= 0.3 is 0 Å². The molecule has 0 saturated carbocycles. The van der Waals surface area contributed by atoms with Gasteiger partial charge in [-0.05, 0) is 61.1 Å². The quantitative estimate of drug-likeness (QED) is 0.871. The van der Waals surface area contributed by atoms with Crippen LogP contribution in [0.1, 0.15) is 12.0 Å². The molecule has 0 spiro atoms. The zero-order valence-corrected chi connectivity index (χ0v) is 9.63. The van der Waals surface area contributed by atoms with Gasteiger partial charge in [0.1, 0.15) is 5.52 Å². The van der Waals surface area contributed by atoms with Crippen LogP contribution >= 0.6 is 11.6 Å². The first-order valence-electron chi connectivity index (χ1n) is 5.57. The minimum atomic E-state index is 0.217. The van der Waals surface area contributed by atoms with Crippen LogP contribution in [-0.4, -0.2) is 18.1 Å². The molecular formula is C12H13ClN2O. The topological polar surface area (TPSA) is 38.1 Å². The van der Waals surface area contributed by atoms with Gasteiger partial charge in [-0.2, -0.15) is 4.98 Å². The van der Waals surface area contributed by atoms with Crippen LogP contribution in [0.15, 0.2) is 22.6 Å². The Morgan fingerprint density at radius 1 is 1.50 bits per heavy atom. The SMILES string of the molecule is Clc1nc2ccc(CC3CCNC3)cc2o1. The lowest BCUT2D eigenvalue weighted by Crippen LogP contribution is -2.10. The Bertz CT molecular complexity index is 503. The third-order valence-electron chi connectivity index (χ3n) is 3.11. The first-order chi connectivity index (χ1) is 7.81. The van der Waals surface area contributed by atoms with E-state index in [4.69, 9.17) is 16.0 Å². The van der Waals surface area contributed by atoms with Crippen molar-refractivity contribution in [3.63, 3.8) is 0 Å². The molecule has 1 N–H and O–H groups in total. The number of fused-ring (bicyclic) bond motifs is 1. The average molecular weight is 237 g/mol. The molecule has 0 bridgehead atoms. The predicted molar refractivity (Wildman–Crippen MR) is 63.7 cm³/mol. The van der Waals surface area contributed by atoms with Gasteiger partial charge in [-0.15, -0.1) is 0 Å². The van der Waals surface area contributed by atoms with E-state index >= 15 is 0 Å². The number of nitrogens with zero attached hydrogens (tertiary/aromatic N) is 1. The highest BCUT2D eigenvalue weighted by Gasteiger charge is 2.15. The molecule has 2 heterocycles. The molecule has 1 unspecified atom stereocenters. The van der Waals surface area contributed by atoms with Gasteiger partial charge in [0, 0.05) is 0 Å². The summed E-state index contributed by atoms with van der Waals surface area (Å²) in [6.07, 6.45) is 2.36. The van der Waals surface area contributed by atoms with Crippen molar-refractivity contribution in [3.8, 4) is 0 Å². The van der Waals surface area contributed by atoms with Crippen LogP contribution in [0.4, 0.5) is 0 Å². The number of benzene rings is 1. The summed E-state index contributed by atoms with van der Waals surface area (Å²) in [5.74, 6) is 0.746. The van der Waals surface area contributed by atoms with Crippen molar-refractivity contribution in [2.75, 3.05) is 13.1 Å². The van der Waals surface area contributed by atoms with Crippen molar-refractivity contribution in [2.24, 2.45) is 5.92 Å². The molecule has 0 aliphatic carbocycles. The summed E-state index contributed by atoms with van der Waals surface area (Å²) in [5.41, 5.74) is 2.92. The third-order valence-corrected chi connectivity index (χ3v) is 3.28. The van der Waals surface area contributed by atoms with E-state index in [9.17, 15) is 0 Å². The maximum Gasteiger partial charge on any atom is 0.293 e. The van der Waals surface area contributed by atoms with Crippen LogP contribution < -0.4 is 5.32 Å². The van der Waals surface area contributed by atoms with Crippen LogP contribution in [0.3, 0.4) is 0 Å². The summed E-state index contributed by atoms with van der Waals surface area (Å²) in [7, 11) is 0. The van der Waals surface area contributed by atoms with Gasteiger partial charge < -0.3 is 9.73 Å². The number of oxazole rings is 1. The summed E-state index contributed by atoms with van der Waals surface area (Å²) >= 11 is 5.72. The number of nitrogens with one attached hydrogen (secondary N) is 1. The molecular weight excluding hydrogens is 224 g/mol. The van der Waals surface area contributed by atoms with E-state index in [-0.39, 0.29) is 5.35 Å². The van der Waals surface area contributed by atoms with E-state index in [1.807, 2.05) is 12.1 Å². The third kappa shape index (κ3) is 1.93. The van der Waals surface area contributed by atoms with Crippen LogP contribution in [0.5, 0.6) is 0 Å². The van der Waals surface area contributed by atoms with Crippen LogP contribution in [-0.2, 0) is 6.42 Å². The number of hydrogen-bond acceptors (Lipinski definition) is 3. The van der Waals surface area contributed by atoms with Gasteiger partial charge in [0.2, 0.25) is 0 Å². The first-order valence-corrected chi connectivity index (χ1v) is 5.95. The van der Waals surface area contributed by atoms with Crippen molar-refractivity contribution in [1.82, 2.24) is 10.3 Å². The largest absolute Gasteiger partial charge is 0.428 e. The molecule has 2 aromatic rings. The van der Waals surface area contributed by atoms with Crippen molar-refractivity contribution in [2.45, 2.75) is 12.8 Å². The fraction of sp³-hybridized carbons (Fsp3) is 0.417. The molecule has 0 radical (unpaired) electrons. The molecule has 3 rings (SSSR count). The minimum absolute atomic E-state index is 0.217. The molecule has 16 heavy (non-hydrogen) atoms. The molecule has 1 saturated heterocycles. The Morgan fingerprint density at radius 2 is 2.44 bits per heavy atom. The lowest BCUT2D eigenvalue weighted by atomic mass is 9.98. The number of hydrogen-bond donors (Lipinski definition) is 1. The Balaban J connectivity index is 1.86. The van der Waals surface area contributed by atoms with Crippen molar-refractivity contribution in [3.05, 3.63) is 29.1 Å². The summed E-state index contributed by atoms with van der Waals surface area (Å²) in [5, 5.41) is 3.59. The van der Waals surface area contributed by atoms with E-state index in [2.05, 4.69) is 16.4 Å². The molecule has 84 valence electrons. The number of aromatic nitrogens is 1. The smallest absolute Gasteiger partial charge is 0.293 e. The lowest BCUT2D eigenvalue weighted by Gasteiger charge is -2.07. The Hall–Kier alpha value is -1.06. The lowest BCUT2D eigenvalue weighted by molar-refractivity contribution is 0.577. The molecule has 1 aromatic heterocycles. The first kappa shape index (κ1) is 10.1. The van der Waals surface area contributed by atoms with E-state index in [1.54, 1.807) is 0 Å². The monoisotopic (exact) mass is 236 g/mol. The van der Waals surface area contributed by atoms with E-state index in [0.29, 0.717) is 0 Å². The van der Waals surface area contributed by atoms with Crippen molar-refractivity contribution >= 4 is 22.7 Å². The van der Waals surface area contributed by atoms with Gasteiger partial charge in [-0.25, -0.2) is 0 Å². The van der Waals surface area contributed by atoms with E-state index in [1.165, 1.54) is 12.0 Å². The molecule has 1 aliphatic rings. The van der Waals surface area contributed by atoms with Gasteiger partial charge in [0.15, 0.2) is 5.58 Å². The molecule has 1 aliphatic heterocycles. The Labute approximate surface area is 98.8 Å². The second-order valence-electron chi connectivity index (χ2n) is 4.33. The minimum Gasteiger partial charge on any atom is -0.428 e. The molecule has 3 nitrogen and oxygen atoms in total. The predicted octanol–water partition coefficient (Wildman–Crippen LogP) is 2.63. The molecule has 0 amide bonds. The normalized spacial score (nSPS) is 20.7. The zero-order chi connectivity index (χ0) is 11.0. The fourth-order valence-corrected chi connectivity index (χ4v) is 2.46.